The summed E-state index contributed by atoms with van der Waals surface area (Å²) < 4.78 is 5.72. The molecule has 0 fully saturated rings. The van der Waals surface area contributed by atoms with Gasteiger partial charge >= 0.3 is 0 Å². The largest absolute Gasteiger partial charge is 0.481 e. The minimum Gasteiger partial charge on any atom is -0.481 e. The van der Waals surface area contributed by atoms with Crippen LogP contribution in [-0.2, 0) is 4.79 Å². The first-order valence-electron chi connectivity index (χ1n) is 8.72. The van der Waals surface area contributed by atoms with E-state index in [1.807, 2.05) is 84.9 Å². The maximum absolute atomic E-state index is 12.4. The maximum Gasteiger partial charge on any atom is 0.262 e. The van der Waals surface area contributed by atoms with Crippen molar-refractivity contribution in [1.29, 1.82) is 0 Å². The molecule has 0 saturated heterocycles. The van der Waals surface area contributed by atoms with E-state index in [2.05, 4.69) is 10.3 Å². The number of rotatable bonds is 5. The molecule has 0 spiro atoms. The normalized spacial score (nSPS) is 10.5. The summed E-state index contributed by atoms with van der Waals surface area (Å²) in [5, 5.41) is 3.92. The predicted molar refractivity (Wildman–Crippen MR) is 108 cm³/mol. The number of anilines is 1. The lowest BCUT2D eigenvalue weighted by Crippen LogP contribution is -2.20. The van der Waals surface area contributed by atoms with Crippen LogP contribution in [0.5, 0.6) is 5.75 Å². The predicted octanol–water partition coefficient (Wildman–Crippen LogP) is 4.92. The van der Waals surface area contributed by atoms with Crippen LogP contribution in [0, 0.1) is 0 Å². The van der Waals surface area contributed by atoms with E-state index >= 15 is 0 Å². The third kappa shape index (κ3) is 3.80. The van der Waals surface area contributed by atoms with Gasteiger partial charge in [-0.15, -0.1) is 0 Å². The lowest BCUT2D eigenvalue weighted by molar-refractivity contribution is -0.118. The number of ether oxygens (including phenoxy) is 1. The molecule has 27 heavy (non-hydrogen) atoms. The standard InChI is InChI=1S/C23H18N2O2/c26-22(16-27-21-14-6-10-18-11-7-15-24-23(18)21)25-20-13-5-4-12-19(20)17-8-2-1-3-9-17/h1-15H,16H2,(H,25,26). The van der Waals surface area contributed by atoms with Crippen molar-refractivity contribution in [3.05, 3.63) is 91.1 Å². The van der Waals surface area contributed by atoms with Gasteiger partial charge in [0.2, 0.25) is 0 Å². The third-order valence-electron chi connectivity index (χ3n) is 4.24. The van der Waals surface area contributed by atoms with Crippen LogP contribution >= 0.6 is 0 Å². The zero-order valence-corrected chi connectivity index (χ0v) is 14.6. The molecule has 0 saturated carbocycles. The van der Waals surface area contributed by atoms with Gasteiger partial charge in [0.05, 0.1) is 0 Å². The maximum atomic E-state index is 12.4. The molecule has 0 radical (unpaired) electrons. The van der Waals surface area contributed by atoms with Gasteiger partial charge < -0.3 is 10.1 Å². The van der Waals surface area contributed by atoms with Gasteiger partial charge in [0.15, 0.2) is 6.61 Å². The van der Waals surface area contributed by atoms with Gasteiger partial charge in [0.1, 0.15) is 11.3 Å². The first-order chi connectivity index (χ1) is 13.3. The second-order valence-electron chi connectivity index (χ2n) is 6.08. The molecule has 1 N–H and O–H groups in total. The number of aromatic nitrogens is 1. The zero-order valence-electron chi connectivity index (χ0n) is 14.6. The highest BCUT2D eigenvalue weighted by Crippen LogP contribution is 2.27. The van der Waals surface area contributed by atoms with Gasteiger partial charge in [-0.25, -0.2) is 0 Å². The molecule has 132 valence electrons. The quantitative estimate of drug-likeness (QED) is 0.553. The van der Waals surface area contributed by atoms with Crippen LogP contribution < -0.4 is 10.1 Å². The van der Waals surface area contributed by atoms with Gasteiger partial charge in [-0.2, -0.15) is 0 Å². The van der Waals surface area contributed by atoms with E-state index in [0.717, 1.165) is 27.7 Å². The fourth-order valence-electron chi connectivity index (χ4n) is 2.98. The van der Waals surface area contributed by atoms with Crippen LogP contribution in [0.15, 0.2) is 91.1 Å². The van der Waals surface area contributed by atoms with Crippen molar-refractivity contribution in [3.8, 4) is 16.9 Å². The SMILES string of the molecule is O=C(COc1cccc2cccnc12)Nc1ccccc1-c1ccccc1. The zero-order chi connectivity index (χ0) is 18.5. The average Bonchev–Trinajstić information content (AvgIpc) is 2.73. The lowest BCUT2D eigenvalue weighted by atomic mass is 10.0. The molecular formula is C23H18N2O2. The fourth-order valence-corrected chi connectivity index (χ4v) is 2.98. The van der Waals surface area contributed by atoms with Crippen LogP contribution in [0.3, 0.4) is 0 Å². The van der Waals surface area contributed by atoms with Crippen LogP contribution in [0.4, 0.5) is 5.69 Å². The molecule has 4 nitrogen and oxygen atoms in total. The summed E-state index contributed by atoms with van der Waals surface area (Å²) >= 11 is 0. The van der Waals surface area contributed by atoms with E-state index in [-0.39, 0.29) is 12.5 Å². The molecular weight excluding hydrogens is 336 g/mol. The summed E-state index contributed by atoms with van der Waals surface area (Å²) in [5.74, 6) is 0.380. The number of pyridine rings is 1. The van der Waals surface area contributed by atoms with Crippen molar-refractivity contribution in [2.45, 2.75) is 0 Å². The Bertz CT molecular complexity index is 1070. The molecule has 0 unspecified atom stereocenters. The molecule has 0 aliphatic rings. The van der Waals surface area contributed by atoms with E-state index in [9.17, 15) is 4.79 Å². The highest BCUT2D eigenvalue weighted by molar-refractivity contribution is 5.96. The smallest absolute Gasteiger partial charge is 0.262 e. The van der Waals surface area contributed by atoms with E-state index in [0.29, 0.717) is 5.75 Å². The molecule has 4 rings (SSSR count). The minimum atomic E-state index is -0.216. The summed E-state index contributed by atoms with van der Waals surface area (Å²) in [6, 6.07) is 27.2. The molecule has 0 aliphatic heterocycles. The van der Waals surface area contributed by atoms with E-state index in [1.165, 1.54) is 0 Å². The molecule has 1 aromatic heterocycles. The first kappa shape index (κ1) is 16.8. The fraction of sp³-hybridized carbons (Fsp3) is 0.0435. The number of hydrogen-bond acceptors (Lipinski definition) is 3. The second-order valence-corrected chi connectivity index (χ2v) is 6.08. The topological polar surface area (TPSA) is 51.2 Å². The number of nitrogens with zero attached hydrogens (tertiary/aromatic N) is 1. The van der Waals surface area contributed by atoms with Crippen molar-refractivity contribution in [3.63, 3.8) is 0 Å². The molecule has 0 bridgehead atoms. The van der Waals surface area contributed by atoms with Crippen LogP contribution in [0.25, 0.3) is 22.0 Å². The van der Waals surface area contributed by atoms with Crippen molar-refractivity contribution < 1.29 is 9.53 Å². The summed E-state index contributed by atoms with van der Waals surface area (Å²) in [6.45, 7) is -0.0845. The number of benzene rings is 3. The number of carbonyl (C=O) groups is 1. The number of para-hydroxylation sites is 2. The Morgan fingerprint density at radius 1 is 0.852 bits per heavy atom. The Labute approximate surface area is 157 Å². The number of nitrogens with one attached hydrogen (secondary N) is 1. The van der Waals surface area contributed by atoms with Crippen LogP contribution in [0.2, 0.25) is 0 Å². The van der Waals surface area contributed by atoms with Crippen molar-refractivity contribution in [2.75, 3.05) is 11.9 Å². The van der Waals surface area contributed by atoms with Gasteiger partial charge in [0, 0.05) is 22.8 Å². The summed E-state index contributed by atoms with van der Waals surface area (Å²) in [5.41, 5.74) is 3.52. The number of amides is 1. The van der Waals surface area contributed by atoms with E-state index in [1.54, 1.807) is 6.20 Å². The van der Waals surface area contributed by atoms with Crippen molar-refractivity contribution >= 4 is 22.5 Å². The Morgan fingerprint density at radius 3 is 2.52 bits per heavy atom. The highest BCUT2D eigenvalue weighted by Gasteiger charge is 2.10. The Morgan fingerprint density at radius 2 is 1.63 bits per heavy atom. The lowest BCUT2D eigenvalue weighted by Gasteiger charge is -2.12. The highest BCUT2D eigenvalue weighted by atomic mass is 16.5. The second kappa shape index (κ2) is 7.70. The number of fused-ring (bicyclic) bond motifs is 1. The Kier molecular flexibility index (Phi) is 4.79. The van der Waals surface area contributed by atoms with E-state index in [4.69, 9.17) is 4.74 Å². The summed E-state index contributed by atoms with van der Waals surface area (Å²) in [6.07, 6.45) is 1.71. The molecule has 3 aromatic carbocycles. The van der Waals surface area contributed by atoms with Crippen LogP contribution in [-0.4, -0.2) is 17.5 Å². The van der Waals surface area contributed by atoms with Crippen molar-refractivity contribution in [2.24, 2.45) is 0 Å². The monoisotopic (exact) mass is 354 g/mol. The molecule has 0 aliphatic carbocycles. The van der Waals surface area contributed by atoms with Gasteiger partial charge in [-0.3, -0.25) is 9.78 Å². The number of hydrogen-bond donors (Lipinski definition) is 1. The Hall–Kier alpha value is -3.66. The average molecular weight is 354 g/mol. The van der Waals surface area contributed by atoms with E-state index < -0.39 is 0 Å². The Balaban J connectivity index is 1.49. The molecule has 4 aromatic rings. The first-order valence-corrected chi connectivity index (χ1v) is 8.72. The van der Waals surface area contributed by atoms with Gasteiger partial charge in [-0.1, -0.05) is 66.7 Å². The molecule has 4 heteroatoms. The minimum absolute atomic E-state index is 0.0845. The van der Waals surface area contributed by atoms with Gasteiger partial charge in [-0.05, 0) is 23.8 Å². The summed E-state index contributed by atoms with van der Waals surface area (Å²) in [4.78, 5) is 16.8. The molecule has 1 amide bonds. The van der Waals surface area contributed by atoms with Gasteiger partial charge in [0.25, 0.3) is 5.91 Å². The number of carbonyl (C=O) groups excluding carboxylic acids is 1. The van der Waals surface area contributed by atoms with Crippen molar-refractivity contribution in [1.82, 2.24) is 4.98 Å². The van der Waals surface area contributed by atoms with Crippen LogP contribution in [0.1, 0.15) is 0 Å². The third-order valence-corrected chi connectivity index (χ3v) is 4.24. The molecule has 0 atom stereocenters. The summed E-state index contributed by atoms with van der Waals surface area (Å²) in [7, 11) is 0. The molecule has 1 heterocycles.